The number of ether oxygens (including phenoxy) is 1. The molecular formula is C12H12N2O5. The minimum Gasteiger partial charge on any atom is -0.463 e. The first-order valence-corrected chi connectivity index (χ1v) is 5.76. The van der Waals surface area contributed by atoms with Crippen LogP contribution in [0.2, 0.25) is 0 Å². The zero-order valence-electron chi connectivity index (χ0n) is 10.2. The molecule has 0 aromatic heterocycles. The molecule has 0 N–H and O–H groups in total. The molecule has 7 nitrogen and oxygen atoms in total. The first kappa shape index (κ1) is 13.0. The molecule has 2 rings (SSSR count). The number of benzene rings is 1. The molecule has 1 aromatic rings. The molecule has 0 aliphatic carbocycles. The van der Waals surface area contributed by atoms with Gasteiger partial charge in [-0.25, -0.2) is 4.79 Å². The quantitative estimate of drug-likeness (QED) is 0.468. The Morgan fingerprint density at radius 1 is 1.63 bits per heavy atom. The predicted octanol–water partition coefficient (Wildman–Crippen LogP) is 1.65. The maximum atomic E-state index is 11.5. The lowest BCUT2D eigenvalue weighted by molar-refractivity contribution is -0.384. The summed E-state index contributed by atoms with van der Waals surface area (Å²) in [5.41, 5.74) is 1.04. The Hall–Kier alpha value is -2.44. The van der Waals surface area contributed by atoms with Gasteiger partial charge in [0.25, 0.3) is 5.69 Å². The Balaban J connectivity index is 2.10. The summed E-state index contributed by atoms with van der Waals surface area (Å²) in [7, 11) is 0. The summed E-state index contributed by atoms with van der Waals surface area (Å²) in [5.74, 6) is -0.480. The highest BCUT2D eigenvalue weighted by Crippen LogP contribution is 2.21. The lowest BCUT2D eigenvalue weighted by atomic mass is 10.0. The highest BCUT2D eigenvalue weighted by atomic mass is 16.7. The van der Waals surface area contributed by atoms with Crippen molar-refractivity contribution >= 4 is 17.4 Å². The molecule has 0 saturated carbocycles. The van der Waals surface area contributed by atoms with Crippen LogP contribution in [0.1, 0.15) is 18.9 Å². The number of non-ortho nitro benzene ring substituents is 1. The van der Waals surface area contributed by atoms with Crippen LogP contribution in [-0.4, -0.2) is 29.3 Å². The van der Waals surface area contributed by atoms with Gasteiger partial charge in [-0.15, -0.1) is 0 Å². The van der Waals surface area contributed by atoms with Gasteiger partial charge in [-0.3, -0.25) is 10.1 Å². The summed E-state index contributed by atoms with van der Waals surface area (Å²) in [5, 5.41) is 14.5. The highest BCUT2D eigenvalue weighted by molar-refractivity contribution is 6.03. The first-order valence-electron chi connectivity index (χ1n) is 5.76. The fraction of sp³-hybridized carbons (Fsp3) is 0.333. The molecule has 0 bridgehead atoms. The number of nitro groups is 1. The van der Waals surface area contributed by atoms with Gasteiger partial charge in [-0.1, -0.05) is 17.3 Å². The van der Waals surface area contributed by atoms with E-state index >= 15 is 0 Å². The van der Waals surface area contributed by atoms with Crippen LogP contribution in [-0.2, 0) is 14.4 Å². The van der Waals surface area contributed by atoms with E-state index in [1.807, 2.05) is 0 Å². The maximum absolute atomic E-state index is 11.5. The van der Waals surface area contributed by atoms with Crippen molar-refractivity contribution in [1.82, 2.24) is 0 Å². The maximum Gasteiger partial charge on any atom is 0.350 e. The Morgan fingerprint density at radius 2 is 2.42 bits per heavy atom. The topological polar surface area (TPSA) is 91.0 Å². The summed E-state index contributed by atoms with van der Waals surface area (Å²) in [6.07, 6.45) is -0.519. The summed E-state index contributed by atoms with van der Waals surface area (Å²) < 4.78 is 4.83. The lowest BCUT2D eigenvalue weighted by Crippen LogP contribution is -2.23. The molecule has 0 fully saturated rings. The van der Waals surface area contributed by atoms with E-state index in [0.29, 0.717) is 11.3 Å². The number of oxime groups is 1. The Bertz CT molecular complexity index is 541. The van der Waals surface area contributed by atoms with Crippen LogP contribution in [0.5, 0.6) is 0 Å². The second-order valence-electron chi connectivity index (χ2n) is 3.90. The normalized spacial score (nSPS) is 17.5. The van der Waals surface area contributed by atoms with Gasteiger partial charge in [0.1, 0.15) is 0 Å². The Labute approximate surface area is 109 Å². The zero-order chi connectivity index (χ0) is 13.8. The first-order chi connectivity index (χ1) is 9.11. The zero-order valence-corrected chi connectivity index (χ0v) is 10.2. The van der Waals surface area contributed by atoms with Gasteiger partial charge in [0.2, 0.25) is 6.10 Å². The van der Waals surface area contributed by atoms with Gasteiger partial charge < -0.3 is 9.57 Å². The lowest BCUT2D eigenvalue weighted by Gasteiger charge is -2.06. The standard InChI is InChI=1S/C12H12N2O5/c1-2-18-12(15)11-7-10(13-19-11)8-4-3-5-9(6-8)14(16)17/h3-6,11H,2,7H2,1H3. The fourth-order valence-corrected chi connectivity index (χ4v) is 1.71. The second kappa shape index (κ2) is 5.47. The van der Waals surface area contributed by atoms with E-state index in [1.165, 1.54) is 12.1 Å². The van der Waals surface area contributed by atoms with Crippen molar-refractivity contribution in [2.24, 2.45) is 5.16 Å². The van der Waals surface area contributed by atoms with Crippen LogP contribution in [0.3, 0.4) is 0 Å². The van der Waals surface area contributed by atoms with Crippen molar-refractivity contribution in [2.75, 3.05) is 6.61 Å². The number of nitro benzene ring substituents is 1. The van der Waals surface area contributed by atoms with Crippen LogP contribution in [0.4, 0.5) is 5.69 Å². The van der Waals surface area contributed by atoms with Crippen LogP contribution >= 0.6 is 0 Å². The summed E-state index contributed by atoms with van der Waals surface area (Å²) in [4.78, 5) is 26.6. The smallest absolute Gasteiger partial charge is 0.350 e. The molecule has 19 heavy (non-hydrogen) atoms. The number of carbonyl (C=O) groups excluding carboxylic acids is 1. The van der Waals surface area contributed by atoms with Gasteiger partial charge in [0.15, 0.2) is 0 Å². The van der Waals surface area contributed by atoms with Crippen molar-refractivity contribution in [3.8, 4) is 0 Å². The van der Waals surface area contributed by atoms with Gasteiger partial charge in [-0.05, 0) is 6.92 Å². The molecule has 0 amide bonds. The molecule has 0 saturated heterocycles. The van der Waals surface area contributed by atoms with Crippen molar-refractivity contribution in [1.29, 1.82) is 0 Å². The molecule has 0 radical (unpaired) electrons. The Kier molecular flexibility index (Phi) is 3.74. The molecule has 1 unspecified atom stereocenters. The van der Waals surface area contributed by atoms with Crippen molar-refractivity contribution in [2.45, 2.75) is 19.4 Å². The summed E-state index contributed by atoms with van der Waals surface area (Å²) >= 11 is 0. The largest absolute Gasteiger partial charge is 0.463 e. The number of hydrogen-bond acceptors (Lipinski definition) is 6. The van der Waals surface area contributed by atoms with Crippen LogP contribution in [0.25, 0.3) is 0 Å². The molecule has 7 heteroatoms. The van der Waals surface area contributed by atoms with Crippen LogP contribution < -0.4 is 0 Å². The Morgan fingerprint density at radius 3 is 3.11 bits per heavy atom. The van der Waals surface area contributed by atoms with Crippen molar-refractivity contribution in [3.63, 3.8) is 0 Å². The van der Waals surface area contributed by atoms with Gasteiger partial charge in [0, 0.05) is 24.1 Å². The van der Waals surface area contributed by atoms with Crippen molar-refractivity contribution < 1.29 is 19.3 Å². The van der Waals surface area contributed by atoms with E-state index in [9.17, 15) is 14.9 Å². The van der Waals surface area contributed by atoms with E-state index in [2.05, 4.69) is 5.16 Å². The van der Waals surface area contributed by atoms with Gasteiger partial charge in [0.05, 0.1) is 17.2 Å². The van der Waals surface area contributed by atoms with E-state index in [0.717, 1.165) is 0 Å². The van der Waals surface area contributed by atoms with Crippen LogP contribution in [0.15, 0.2) is 29.4 Å². The van der Waals surface area contributed by atoms with E-state index in [1.54, 1.807) is 19.1 Å². The number of rotatable bonds is 4. The molecule has 1 aliphatic heterocycles. The minimum absolute atomic E-state index is 0.0280. The van der Waals surface area contributed by atoms with E-state index < -0.39 is 17.0 Å². The molecule has 1 aliphatic rings. The molecule has 1 aromatic carbocycles. The SMILES string of the molecule is CCOC(=O)C1CC(c2cccc([N+](=O)[O-])c2)=NO1. The fourth-order valence-electron chi connectivity index (χ4n) is 1.71. The molecular weight excluding hydrogens is 252 g/mol. The number of carbonyl (C=O) groups is 1. The summed E-state index contributed by atoms with van der Waals surface area (Å²) in [6, 6.07) is 6.04. The monoisotopic (exact) mass is 264 g/mol. The summed E-state index contributed by atoms with van der Waals surface area (Å²) in [6.45, 7) is 1.97. The number of hydrogen-bond donors (Lipinski definition) is 0. The van der Waals surface area contributed by atoms with Gasteiger partial charge >= 0.3 is 5.97 Å². The van der Waals surface area contributed by atoms with Crippen molar-refractivity contribution in [3.05, 3.63) is 39.9 Å². The average molecular weight is 264 g/mol. The number of esters is 1. The molecule has 1 heterocycles. The average Bonchev–Trinajstić information content (AvgIpc) is 2.89. The second-order valence-corrected chi connectivity index (χ2v) is 3.90. The third-order valence-electron chi connectivity index (χ3n) is 2.61. The van der Waals surface area contributed by atoms with Gasteiger partial charge in [-0.2, -0.15) is 0 Å². The number of nitrogens with zero attached hydrogens (tertiary/aromatic N) is 2. The van der Waals surface area contributed by atoms with Crippen LogP contribution in [0, 0.1) is 10.1 Å². The third kappa shape index (κ3) is 2.87. The minimum atomic E-state index is -0.769. The molecule has 1 atom stereocenters. The van der Waals surface area contributed by atoms with E-state index in [4.69, 9.17) is 9.57 Å². The molecule has 0 spiro atoms. The predicted molar refractivity (Wildman–Crippen MR) is 65.8 cm³/mol. The third-order valence-corrected chi connectivity index (χ3v) is 2.61. The molecule has 100 valence electrons. The highest BCUT2D eigenvalue weighted by Gasteiger charge is 2.30. The van der Waals surface area contributed by atoms with E-state index in [-0.39, 0.29) is 18.7 Å².